The zero-order chi connectivity index (χ0) is 10.8. The highest BCUT2D eigenvalue weighted by atomic mass is 16.1. The molecule has 3 N–H and O–H groups in total. The van der Waals surface area contributed by atoms with Gasteiger partial charge in [0.25, 0.3) is 5.91 Å². The minimum absolute atomic E-state index is 0.224. The molecule has 0 saturated heterocycles. The molecule has 0 aliphatic heterocycles. The molecule has 6 heteroatoms. The van der Waals surface area contributed by atoms with Gasteiger partial charge in [0.1, 0.15) is 0 Å². The lowest BCUT2D eigenvalue weighted by Gasteiger charge is -1.99. The molecule has 0 bridgehead atoms. The van der Waals surface area contributed by atoms with E-state index in [-0.39, 0.29) is 5.91 Å². The van der Waals surface area contributed by atoms with E-state index in [4.69, 9.17) is 0 Å². The molecule has 0 spiro atoms. The Hall–Kier alpha value is -2.11. The predicted molar refractivity (Wildman–Crippen MR) is 54.6 cm³/mol. The van der Waals surface area contributed by atoms with E-state index < -0.39 is 0 Å². The Morgan fingerprint density at radius 1 is 1.47 bits per heavy atom. The molecule has 15 heavy (non-hydrogen) atoms. The summed E-state index contributed by atoms with van der Waals surface area (Å²) >= 11 is 0. The summed E-state index contributed by atoms with van der Waals surface area (Å²) in [6.07, 6.45) is 2.99. The van der Waals surface area contributed by atoms with Crippen LogP contribution in [0.4, 0.5) is 5.82 Å². The van der Waals surface area contributed by atoms with Crippen molar-refractivity contribution in [1.82, 2.24) is 20.4 Å². The minimum Gasteiger partial charge on any atom is -0.305 e. The van der Waals surface area contributed by atoms with Crippen molar-refractivity contribution >= 4 is 11.7 Å². The Labute approximate surface area is 86.1 Å². The number of anilines is 1. The minimum atomic E-state index is -0.224. The first kappa shape index (κ1) is 9.45. The van der Waals surface area contributed by atoms with Gasteiger partial charge in [-0.05, 0) is 13.8 Å². The van der Waals surface area contributed by atoms with Crippen molar-refractivity contribution in [3.8, 4) is 0 Å². The first-order chi connectivity index (χ1) is 7.18. The molecule has 0 fully saturated rings. The molecule has 78 valence electrons. The summed E-state index contributed by atoms with van der Waals surface area (Å²) in [6.45, 7) is 3.79. The summed E-state index contributed by atoms with van der Waals surface area (Å²) in [5.41, 5.74) is 2.36. The van der Waals surface area contributed by atoms with E-state index in [1.807, 2.05) is 13.8 Å². The zero-order valence-corrected chi connectivity index (χ0v) is 8.46. The maximum atomic E-state index is 11.6. The van der Waals surface area contributed by atoms with Crippen LogP contribution in [0.5, 0.6) is 0 Å². The van der Waals surface area contributed by atoms with Crippen LogP contribution in [0.15, 0.2) is 12.4 Å². The highest BCUT2D eigenvalue weighted by Gasteiger charge is 2.11. The second-order valence-electron chi connectivity index (χ2n) is 3.26. The van der Waals surface area contributed by atoms with Crippen molar-refractivity contribution in [1.29, 1.82) is 0 Å². The van der Waals surface area contributed by atoms with Crippen LogP contribution < -0.4 is 5.32 Å². The predicted octanol–water partition coefficient (Wildman–Crippen LogP) is 1.00. The fourth-order valence-electron chi connectivity index (χ4n) is 1.16. The van der Waals surface area contributed by atoms with Gasteiger partial charge in [0, 0.05) is 17.5 Å². The smallest absolute Gasteiger partial charge is 0.260 e. The lowest BCUT2D eigenvalue weighted by atomic mass is 10.2. The zero-order valence-electron chi connectivity index (χ0n) is 8.46. The van der Waals surface area contributed by atoms with Crippen molar-refractivity contribution in [2.24, 2.45) is 0 Å². The van der Waals surface area contributed by atoms with Crippen molar-refractivity contribution in [3.63, 3.8) is 0 Å². The second-order valence-corrected chi connectivity index (χ2v) is 3.26. The Morgan fingerprint density at radius 3 is 2.80 bits per heavy atom. The third-order valence-electron chi connectivity index (χ3n) is 2.25. The molecule has 0 aromatic carbocycles. The van der Waals surface area contributed by atoms with Gasteiger partial charge in [-0.25, -0.2) is 0 Å². The third-order valence-corrected chi connectivity index (χ3v) is 2.25. The molecular weight excluding hydrogens is 194 g/mol. The van der Waals surface area contributed by atoms with Crippen molar-refractivity contribution in [2.75, 3.05) is 5.32 Å². The van der Waals surface area contributed by atoms with Gasteiger partial charge < -0.3 is 5.32 Å². The number of aromatic nitrogens is 4. The number of hydrogen-bond donors (Lipinski definition) is 3. The number of carbonyl (C=O) groups excluding carboxylic acids is 1. The SMILES string of the molecule is Cc1[nH]nc(NC(=O)c2cn[nH]c2)c1C. The van der Waals surface area contributed by atoms with Crippen LogP contribution in [0.2, 0.25) is 0 Å². The van der Waals surface area contributed by atoms with Gasteiger partial charge in [0.15, 0.2) is 5.82 Å². The molecule has 2 aromatic heterocycles. The Bertz CT molecular complexity index is 471. The number of rotatable bonds is 2. The van der Waals surface area contributed by atoms with Crippen LogP contribution in [0.3, 0.4) is 0 Å². The molecule has 0 unspecified atom stereocenters. The third kappa shape index (κ3) is 1.74. The van der Waals surface area contributed by atoms with E-state index in [0.29, 0.717) is 11.4 Å². The molecule has 0 atom stereocenters. The lowest BCUT2D eigenvalue weighted by Crippen LogP contribution is -2.12. The van der Waals surface area contributed by atoms with Crippen LogP contribution in [-0.4, -0.2) is 26.3 Å². The van der Waals surface area contributed by atoms with E-state index in [1.165, 1.54) is 12.4 Å². The molecule has 0 saturated carbocycles. The van der Waals surface area contributed by atoms with Gasteiger partial charge in [-0.3, -0.25) is 15.0 Å². The number of H-pyrrole nitrogens is 2. The summed E-state index contributed by atoms with van der Waals surface area (Å²) in [5, 5.41) is 15.7. The average Bonchev–Trinajstić information content (AvgIpc) is 2.83. The van der Waals surface area contributed by atoms with Crippen LogP contribution in [0.25, 0.3) is 0 Å². The first-order valence-corrected chi connectivity index (χ1v) is 4.50. The maximum Gasteiger partial charge on any atom is 0.260 e. The number of aryl methyl sites for hydroxylation is 1. The molecule has 1 amide bonds. The maximum absolute atomic E-state index is 11.6. The van der Waals surface area contributed by atoms with Gasteiger partial charge >= 0.3 is 0 Å². The quantitative estimate of drug-likeness (QED) is 0.683. The number of nitrogens with one attached hydrogen (secondary N) is 3. The van der Waals surface area contributed by atoms with E-state index in [1.54, 1.807) is 0 Å². The number of amides is 1. The molecule has 0 aliphatic rings. The summed E-state index contributed by atoms with van der Waals surface area (Å²) in [4.78, 5) is 11.6. The van der Waals surface area contributed by atoms with E-state index in [2.05, 4.69) is 25.7 Å². The van der Waals surface area contributed by atoms with Crippen LogP contribution in [-0.2, 0) is 0 Å². The van der Waals surface area contributed by atoms with Crippen LogP contribution in [0.1, 0.15) is 21.6 Å². The molecular formula is C9H11N5O. The molecule has 6 nitrogen and oxygen atoms in total. The Kier molecular flexibility index (Phi) is 2.24. The second kappa shape index (κ2) is 3.56. The fraction of sp³-hybridized carbons (Fsp3) is 0.222. The highest BCUT2D eigenvalue weighted by molar-refractivity contribution is 6.03. The lowest BCUT2D eigenvalue weighted by molar-refractivity contribution is 0.102. The Balaban J connectivity index is 2.16. The van der Waals surface area contributed by atoms with E-state index >= 15 is 0 Å². The van der Waals surface area contributed by atoms with Crippen LogP contribution >= 0.6 is 0 Å². The van der Waals surface area contributed by atoms with Gasteiger partial charge in [-0.2, -0.15) is 10.2 Å². The van der Waals surface area contributed by atoms with E-state index in [0.717, 1.165) is 11.3 Å². The number of carbonyl (C=O) groups is 1. The van der Waals surface area contributed by atoms with Gasteiger partial charge in [-0.1, -0.05) is 0 Å². The average molecular weight is 205 g/mol. The molecule has 0 aliphatic carbocycles. The van der Waals surface area contributed by atoms with Crippen molar-refractivity contribution < 1.29 is 4.79 Å². The number of nitrogens with zero attached hydrogens (tertiary/aromatic N) is 2. The summed E-state index contributed by atoms with van der Waals surface area (Å²) in [6, 6.07) is 0. The summed E-state index contributed by atoms with van der Waals surface area (Å²) in [5.74, 6) is 0.331. The topological polar surface area (TPSA) is 86.5 Å². The summed E-state index contributed by atoms with van der Waals surface area (Å²) in [7, 11) is 0. The normalized spacial score (nSPS) is 10.3. The molecule has 0 radical (unpaired) electrons. The molecule has 2 heterocycles. The largest absolute Gasteiger partial charge is 0.305 e. The summed E-state index contributed by atoms with van der Waals surface area (Å²) < 4.78 is 0. The molecule has 2 rings (SSSR count). The number of hydrogen-bond acceptors (Lipinski definition) is 3. The van der Waals surface area contributed by atoms with Gasteiger partial charge in [0.2, 0.25) is 0 Å². The van der Waals surface area contributed by atoms with Crippen LogP contribution in [0, 0.1) is 13.8 Å². The first-order valence-electron chi connectivity index (χ1n) is 4.50. The van der Waals surface area contributed by atoms with Gasteiger partial charge in [-0.15, -0.1) is 0 Å². The van der Waals surface area contributed by atoms with Gasteiger partial charge in [0.05, 0.1) is 11.8 Å². The van der Waals surface area contributed by atoms with Crippen molar-refractivity contribution in [3.05, 3.63) is 29.2 Å². The van der Waals surface area contributed by atoms with E-state index in [9.17, 15) is 4.79 Å². The monoisotopic (exact) mass is 205 g/mol. The Morgan fingerprint density at radius 2 is 2.27 bits per heavy atom. The highest BCUT2D eigenvalue weighted by Crippen LogP contribution is 2.14. The fourth-order valence-corrected chi connectivity index (χ4v) is 1.16. The number of aromatic amines is 2. The standard InChI is InChI=1S/C9H11N5O/c1-5-6(2)13-14-8(5)12-9(15)7-3-10-11-4-7/h3-4H,1-2H3,(H,10,11)(H2,12,13,14,15). The molecule has 2 aromatic rings. The van der Waals surface area contributed by atoms with Crippen molar-refractivity contribution in [2.45, 2.75) is 13.8 Å².